The number of carboxylic acids is 1. The van der Waals surface area contributed by atoms with Crippen LogP contribution in [0.25, 0.3) is 0 Å². The molecule has 31 heavy (non-hydrogen) atoms. The summed E-state index contributed by atoms with van der Waals surface area (Å²) in [6.07, 6.45) is 10.8. The number of quaternary nitrogens is 1. The number of likely N-dealkylation sites (N-methyl/N-ethyl adjacent to an activating group) is 1. The number of benzene rings is 1. The third kappa shape index (κ3) is 14.1. The van der Waals surface area contributed by atoms with Gasteiger partial charge in [0.05, 0.1) is 33.7 Å². The van der Waals surface area contributed by atoms with Crippen LogP contribution in [0.4, 0.5) is 5.69 Å². The van der Waals surface area contributed by atoms with Crippen molar-refractivity contribution in [2.45, 2.75) is 77.2 Å². The molecule has 0 aliphatic carbocycles. The monoisotopic (exact) mass is 455 g/mol. The first kappa shape index (κ1) is 27.4. The van der Waals surface area contributed by atoms with Crippen molar-refractivity contribution in [2.75, 3.05) is 32.4 Å². The Kier molecular flexibility index (Phi) is 12.1. The standard InChI is InChI=1S/C23H41N3O4S/c1-5-6-7-8-9-10-11-12-13-20-14-16-21(17-15-20)24-31(29,30)25-22(18-23(27)28)19-26(2,3)4/h14-17,22,24-25H,5-13,18-19H2,1-4H3/t22-/m1/s1. The zero-order chi connectivity index (χ0) is 23.3. The number of carbonyl (C=O) groups is 1. The van der Waals surface area contributed by atoms with Crippen molar-refractivity contribution in [1.29, 1.82) is 0 Å². The number of nitrogens with one attached hydrogen (secondary N) is 2. The van der Waals surface area contributed by atoms with Crippen LogP contribution >= 0.6 is 0 Å². The van der Waals surface area contributed by atoms with Crippen LogP contribution in [0.3, 0.4) is 0 Å². The predicted octanol–water partition coefficient (Wildman–Crippen LogP) is 2.83. The third-order valence-corrected chi connectivity index (χ3v) is 6.18. The second-order valence-corrected chi connectivity index (χ2v) is 10.8. The van der Waals surface area contributed by atoms with Gasteiger partial charge in [-0.3, -0.25) is 4.72 Å². The molecule has 0 heterocycles. The minimum Gasteiger partial charge on any atom is -0.550 e. The number of hydrogen-bond donors (Lipinski definition) is 2. The number of aryl methyl sites for hydroxylation is 1. The Hall–Kier alpha value is -1.64. The topological polar surface area (TPSA) is 98.3 Å². The first-order valence-electron chi connectivity index (χ1n) is 11.4. The maximum absolute atomic E-state index is 12.5. The fourth-order valence-corrected chi connectivity index (χ4v) is 4.71. The Labute approximate surface area is 189 Å². The normalized spacial score (nSPS) is 13.2. The summed E-state index contributed by atoms with van der Waals surface area (Å²) in [5.74, 6) is -1.29. The highest BCUT2D eigenvalue weighted by atomic mass is 32.2. The molecule has 0 aliphatic heterocycles. The molecule has 0 fully saturated rings. The van der Waals surface area contributed by atoms with Gasteiger partial charge in [0.2, 0.25) is 0 Å². The summed E-state index contributed by atoms with van der Waals surface area (Å²) in [5, 5.41) is 11.0. The zero-order valence-corrected chi connectivity index (χ0v) is 20.5. The Morgan fingerprint density at radius 1 is 0.968 bits per heavy atom. The van der Waals surface area contributed by atoms with Gasteiger partial charge in [0.1, 0.15) is 0 Å². The molecule has 0 unspecified atom stereocenters. The molecule has 7 nitrogen and oxygen atoms in total. The van der Waals surface area contributed by atoms with Crippen LogP contribution in [0.15, 0.2) is 24.3 Å². The number of anilines is 1. The SMILES string of the molecule is CCCCCCCCCCc1ccc(NS(=O)(=O)N[C@H](CC(=O)[O-])C[N+](C)(C)C)cc1. The van der Waals surface area contributed by atoms with E-state index >= 15 is 0 Å². The van der Waals surface area contributed by atoms with Crippen LogP contribution in [0.5, 0.6) is 0 Å². The number of unbranched alkanes of at least 4 members (excludes halogenated alkanes) is 7. The summed E-state index contributed by atoms with van der Waals surface area (Å²) < 4.78 is 30.3. The van der Waals surface area contributed by atoms with Crippen molar-refractivity contribution in [3.63, 3.8) is 0 Å². The van der Waals surface area contributed by atoms with Crippen LogP contribution in [-0.4, -0.2) is 52.6 Å². The van der Waals surface area contributed by atoms with Gasteiger partial charge in [0, 0.05) is 18.1 Å². The van der Waals surface area contributed by atoms with Crippen LogP contribution in [0.2, 0.25) is 0 Å². The summed E-state index contributed by atoms with van der Waals surface area (Å²) in [5.41, 5.74) is 1.63. The quantitative estimate of drug-likeness (QED) is 0.279. The second-order valence-electron chi connectivity index (χ2n) is 9.39. The van der Waals surface area contributed by atoms with E-state index in [1.54, 1.807) is 12.1 Å². The van der Waals surface area contributed by atoms with Crippen LogP contribution in [0, 0.1) is 0 Å². The molecule has 0 saturated heterocycles. The Morgan fingerprint density at radius 3 is 2.03 bits per heavy atom. The van der Waals surface area contributed by atoms with Crippen molar-refractivity contribution < 1.29 is 22.8 Å². The number of hydrogen-bond acceptors (Lipinski definition) is 4. The summed E-state index contributed by atoms with van der Waals surface area (Å²) in [6, 6.07) is 6.59. The molecule has 0 aliphatic rings. The summed E-state index contributed by atoms with van der Waals surface area (Å²) in [6.45, 7) is 2.56. The maximum Gasteiger partial charge on any atom is 0.299 e. The van der Waals surface area contributed by atoms with Crippen molar-refractivity contribution in [2.24, 2.45) is 0 Å². The van der Waals surface area contributed by atoms with Crippen molar-refractivity contribution >= 4 is 21.9 Å². The molecular weight excluding hydrogens is 414 g/mol. The highest BCUT2D eigenvalue weighted by molar-refractivity contribution is 7.90. The van der Waals surface area contributed by atoms with E-state index < -0.39 is 22.2 Å². The lowest BCUT2D eigenvalue weighted by Gasteiger charge is -2.29. The molecule has 1 rings (SSSR count). The van der Waals surface area contributed by atoms with Gasteiger partial charge >= 0.3 is 0 Å². The number of carbonyl (C=O) groups excluding carboxylic acids is 1. The highest BCUT2D eigenvalue weighted by Crippen LogP contribution is 2.15. The molecule has 0 radical (unpaired) electrons. The molecule has 1 aromatic carbocycles. The lowest BCUT2D eigenvalue weighted by Crippen LogP contribution is -2.51. The number of rotatable bonds is 17. The van der Waals surface area contributed by atoms with Crippen LogP contribution in [-0.2, 0) is 21.4 Å². The molecular formula is C23H41N3O4S. The minimum absolute atomic E-state index is 0.326. The molecule has 8 heteroatoms. The molecule has 178 valence electrons. The predicted molar refractivity (Wildman–Crippen MR) is 125 cm³/mol. The summed E-state index contributed by atoms with van der Waals surface area (Å²) in [7, 11) is 1.71. The van der Waals surface area contributed by atoms with Gasteiger partial charge in [-0.25, -0.2) is 0 Å². The number of aliphatic carboxylic acids is 1. The van der Waals surface area contributed by atoms with Gasteiger partial charge in [0.25, 0.3) is 10.2 Å². The van der Waals surface area contributed by atoms with Crippen molar-refractivity contribution in [1.82, 2.24) is 4.72 Å². The van der Waals surface area contributed by atoms with E-state index in [9.17, 15) is 18.3 Å². The average Bonchev–Trinajstić information content (AvgIpc) is 2.62. The van der Waals surface area contributed by atoms with Crippen LogP contribution in [0.1, 0.15) is 70.3 Å². The first-order chi connectivity index (χ1) is 14.5. The first-order valence-corrected chi connectivity index (χ1v) is 12.9. The van der Waals surface area contributed by atoms with Gasteiger partial charge < -0.3 is 14.4 Å². The molecule has 0 amide bonds. The van der Waals surface area contributed by atoms with E-state index in [-0.39, 0.29) is 6.42 Å². The molecule has 0 aromatic heterocycles. The Bertz CT molecular complexity index is 743. The zero-order valence-electron chi connectivity index (χ0n) is 19.7. The van der Waals surface area contributed by atoms with E-state index in [1.807, 2.05) is 33.3 Å². The van der Waals surface area contributed by atoms with Crippen molar-refractivity contribution in [3.8, 4) is 0 Å². The number of nitrogens with zero attached hydrogens (tertiary/aromatic N) is 1. The molecule has 2 N–H and O–H groups in total. The average molecular weight is 456 g/mol. The summed E-state index contributed by atoms with van der Waals surface area (Å²) >= 11 is 0. The van der Waals surface area contributed by atoms with Gasteiger partial charge in [-0.2, -0.15) is 13.1 Å². The summed E-state index contributed by atoms with van der Waals surface area (Å²) in [4.78, 5) is 11.0. The Morgan fingerprint density at radius 2 is 1.52 bits per heavy atom. The van der Waals surface area contributed by atoms with E-state index in [0.29, 0.717) is 16.7 Å². The molecule has 0 bridgehead atoms. The van der Waals surface area contributed by atoms with Gasteiger partial charge in [-0.15, -0.1) is 0 Å². The fraction of sp³-hybridized carbons (Fsp3) is 0.696. The fourth-order valence-electron chi connectivity index (χ4n) is 3.61. The van der Waals surface area contributed by atoms with E-state index in [1.165, 1.54) is 50.5 Å². The van der Waals surface area contributed by atoms with E-state index in [0.717, 1.165) is 12.8 Å². The Balaban J connectivity index is 2.48. The molecule has 0 saturated carbocycles. The van der Waals surface area contributed by atoms with Crippen LogP contribution < -0.4 is 14.6 Å². The van der Waals surface area contributed by atoms with Gasteiger partial charge in [-0.05, 0) is 30.5 Å². The molecule has 1 aromatic rings. The van der Waals surface area contributed by atoms with Crippen molar-refractivity contribution in [3.05, 3.63) is 29.8 Å². The minimum atomic E-state index is -3.90. The largest absolute Gasteiger partial charge is 0.550 e. The maximum atomic E-state index is 12.5. The lowest BCUT2D eigenvalue weighted by molar-refractivity contribution is -0.871. The number of carboxylic acid groups (broad SMARTS) is 1. The van der Waals surface area contributed by atoms with E-state index in [4.69, 9.17) is 0 Å². The van der Waals surface area contributed by atoms with E-state index in [2.05, 4.69) is 16.4 Å². The second kappa shape index (κ2) is 13.7. The smallest absolute Gasteiger partial charge is 0.299 e. The third-order valence-electron chi connectivity index (χ3n) is 5.03. The lowest BCUT2D eigenvalue weighted by atomic mass is 10.0. The molecule has 1 atom stereocenters. The van der Waals surface area contributed by atoms with Gasteiger partial charge in [0.15, 0.2) is 0 Å². The molecule has 0 spiro atoms. The van der Waals surface area contributed by atoms with Gasteiger partial charge in [-0.1, -0.05) is 64.0 Å². The highest BCUT2D eigenvalue weighted by Gasteiger charge is 2.23.